The SMILES string of the molecule is CCOC(=O)c1c(-c2ccc(OC)c(OC)c2)csc1NC(=O)COc1ccc(C(C)C)cc1Br. The van der Waals surface area contributed by atoms with E-state index in [0.29, 0.717) is 33.7 Å². The molecule has 0 aliphatic rings. The lowest BCUT2D eigenvalue weighted by molar-refractivity contribution is -0.118. The maximum Gasteiger partial charge on any atom is 0.341 e. The van der Waals surface area contributed by atoms with E-state index in [9.17, 15) is 9.59 Å². The molecule has 3 aromatic rings. The van der Waals surface area contributed by atoms with Crippen molar-refractivity contribution in [2.45, 2.75) is 26.7 Å². The molecular formula is C26H28BrNO6S. The van der Waals surface area contributed by atoms with E-state index in [1.165, 1.54) is 11.3 Å². The third-order valence-corrected chi connectivity index (χ3v) is 6.71. The molecule has 1 N–H and O–H groups in total. The van der Waals surface area contributed by atoms with Gasteiger partial charge >= 0.3 is 5.97 Å². The lowest BCUT2D eigenvalue weighted by atomic mass is 10.0. The van der Waals surface area contributed by atoms with Crippen LogP contribution in [0, 0.1) is 0 Å². The van der Waals surface area contributed by atoms with E-state index in [2.05, 4.69) is 35.1 Å². The molecule has 0 atom stereocenters. The van der Waals surface area contributed by atoms with E-state index in [0.717, 1.165) is 15.6 Å². The topological polar surface area (TPSA) is 83.1 Å². The molecule has 1 amide bonds. The summed E-state index contributed by atoms with van der Waals surface area (Å²) in [5, 5.41) is 4.98. The van der Waals surface area contributed by atoms with Crippen LogP contribution in [0.5, 0.6) is 17.2 Å². The highest BCUT2D eigenvalue weighted by Gasteiger charge is 2.24. The standard InChI is InChI=1S/C26H28BrNO6S/c1-6-33-26(30)24-18(17-8-10-21(31-4)22(12-17)32-5)14-35-25(24)28-23(29)13-34-20-9-7-16(15(2)3)11-19(20)27/h7-12,14-15H,6,13H2,1-5H3,(H,28,29). The minimum atomic E-state index is -0.526. The van der Waals surface area contributed by atoms with Crippen molar-refractivity contribution in [3.05, 3.63) is 57.4 Å². The van der Waals surface area contributed by atoms with Gasteiger partial charge in [-0.1, -0.05) is 26.0 Å². The van der Waals surface area contributed by atoms with Crippen LogP contribution in [-0.4, -0.2) is 39.3 Å². The lowest BCUT2D eigenvalue weighted by Crippen LogP contribution is -2.21. The van der Waals surface area contributed by atoms with E-state index in [-0.39, 0.29) is 18.8 Å². The number of hydrogen-bond donors (Lipinski definition) is 1. The van der Waals surface area contributed by atoms with Crippen LogP contribution in [-0.2, 0) is 9.53 Å². The number of carbonyl (C=O) groups is 2. The third-order valence-electron chi connectivity index (χ3n) is 5.20. The molecule has 0 saturated heterocycles. The maximum atomic E-state index is 12.8. The van der Waals surface area contributed by atoms with Gasteiger partial charge in [0.15, 0.2) is 18.1 Å². The summed E-state index contributed by atoms with van der Waals surface area (Å²) in [6, 6.07) is 11.1. The minimum Gasteiger partial charge on any atom is -0.493 e. The number of carbonyl (C=O) groups excluding carboxylic acids is 2. The summed E-state index contributed by atoms with van der Waals surface area (Å²) >= 11 is 4.73. The Hall–Kier alpha value is -3.04. The fraction of sp³-hybridized carbons (Fsp3) is 0.308. The van der Waals surface area contributed by atoms with Crippen LogP contribution in [0.15, 0.2) is 46.3 Å². The summed E-state index contributed by atoms with van der Waals surface area (Å²) < 4.78 is 22.4. The first kappa shape index (κ1) is 26.6. The Labute approximate surface area is 217 Å². The number of thiophene rings is 1. The van der Waals surface area contributed by atoms with E-state index in [4.69, 9.17) is 18.9 Å². The lowest BCUT2D eigenvalue weighted by Gasteiger charge is -2.12. The van der Waals surface area contributed by atoms with Gasteiger partial charge in [0.05, 0.1) is 25.3 Å². The van der Waals surface area contributed by atoms with Gasteiger partial charge < -0.3 is 24.3 Å². The highest BCUT2D eigenvalue weighted by Crippen LogP contribution is 2.39. The average molecular weight is 562 g/mol. The first-order chi connectivity index (χ1) is 16.8. The average Bonchev–Trinajstić information content (AvgIpc) is 3.26. The maximum absolute atomic E-state index is 12.8. The molecule has 1 aromatic heterocycles. The van der Waals surface area contributed by atoms with Gasteiger partial charge in [-0.2, -0.15) is 0 Å². The van der Waals surface area contributed by atoms with Crippen molar-refractivity contribution < 1.29 is 28.5 Å². The monoisotopic (exact) mass is 561 g/mol. The van der Waals surface area contributed by atoms with Crippen molar-refractivity contribution in [3.8, 4) is 28.4 Å². The Balaban J connectivity index is 1.82. The summed E-state index contributed by atoms with van der Waals surface area (Å²) in [5.74, 6) is 1.12. The van der Waals surface area contributed by atoms with Gasteiger partial charge in [-0.3, -0.25) is 4.79 Å². The molecule has 186 valence electrons. The number of ether oxygens (including phenoxy) is 4. The highest BCUT2D eigenvalue weighted by atomic mass is 79.9. The molecule has 0 unspecified atom stereocenters. The number of nitrogens with one attached hydrogen (secondary N) is 1. The van der Waals surface area contributed by atoms with Crippen molar-refractivity contribution in [1.82, 2.24) is 0 Å². The smallest absolute Gasteiger partial charge is 0.341 e. The van der Waals surface area contributed by atoms with Crippen LogP contribution in [0.25, 0.3) is 11.1 Å². The largest absolute Gasteiger partial charge is 0.493 e. The molecular weight excluding hydrogens is 534 g/mol. The molecule has 1 heterocycles. The molecule has 35 heavy (non-hydrogen) atoms. The van der Waals surface area contributed by atoms with Gasteiger partial charge in [0, 0.05) is 10.9 Å². The summed E-state index contributed by atoms with van der Waals surface area (Å²) in [7, 11) is 3.10. The second kappa shape index (κ2) is 12.1. The van der Waals surface area contributed by atoms with Crippen LogP contribution in [0.2, 0.25) is 0 Å². The number of esters is 1. The molecule has 3 rings (SSSR count). The quantitative estimate of drug-likeness (QED) is 0.284. The number of hydrogen-bond acceptors (Lipinski definition) is 7. The number of amides is 1. The van der Waals surface area contributed by atoms with Gasteiger partial charge in [0.2, 0.25) is 0 Å². The van der Waals surface area contributed by atoms with Crippen LogP contribution in [0.3, 0.4) is 0 Å². The molecule has 0 fully saturated rings. The first-order valence-corrected chi connectivity index (χ1v) is 12.7. The van der Waals surface area contributed by atoms with E-state index >= 15 is 0 Å². The van der Waals surface area contributed by atoms with Crippen molar-refractivity contribution in [2.75, 3.05) is 32.8 Å². The number of anilines is 1. The van der Waals surface area contributed by atoms with E-state index < -0.39 is 11.9 Å². The summed E-state index contributed by atoms with van der Waals surface area (Å²) in [4.78, 5) is 25.5. The molecule has 0 radical (unpaired) electrons. The second-order valence-electron chi connectivity index (χ2n) is 7.83. The number of methoxy groups -OCH3 is 2. The van der Waals surface area contributed by atoms with Gasteiger partial charge in [0.25, 0.3) is 5.91 Å². The zero-order chi connectivity index (χ0) is 25.5. The van der Waals surface area contributed by atoms with Gasteiger partial charge in [-0.05, 0) is 64.2 Å². The highest BCUT2D eigenvalue weighted by molar-refractivity contribution is 9.10. The second-order valence-corrected chi connectivity index (χ2v) is 9.56. The van der Waals surface area contributed by atoms with Crippen LogP contribution in [0.4, 0.5) is 5.00 Å². The fourth-order valence-corrected chi connectivity index (χ4v) is 4.86. The zero-order valence-electron chi connectivity index (χ0n) is 20.3. The Morgan fingerprint density at radius 3 is 2.37 bits per heavy atom. The number of benzene rings is 2. The number of rotatable bonds is 10. The third kappa shape index (κ3) is 6.35. The van der Waals surface area contributed by atoms with Gasteiger partial charge in [-0.25, -0.2) is 4.79 Å². The summed E-state index contributed by atoms with van der Waals surface area (Å²) in [6.45, 7) is 5.93. The summed E-state index contributed by atoms with van der Waals surface area (Å²) in [6.07, 6.45) is 0. The Bertz CT molecular complexity index is 1210. The molecule has 0 saturated carbocycles. The number of halogens is 1. The van der Waals surface area contributed by atoms with Crippen molar-refractivity contribution >= 4 is 44.1 Å². The van der Waals surface area contributed by atoms with Gasteiger partial charge in [0.1, 0.15) is 16.3 Å². The van der Waals surface area contributed by atoms with Gasteiger partial charge in [-0.15, -0.1) is 11.3 Å². The molecule has 0 aliphatic carbocycles. The zero-order valence-corrected chi connectivity index (χ0v) is 22.7. The Morgan fingerprint density at radius 1 is 1.03 bits per heavy atom. The first-order valence-electron chi connectivity index (χ1n) is 11.0. The minimum absolute atomic E-state index is 0.205. The van der Waals surface area contributed by atoms with Crippen LogP contribution >= 0.6 is 27.3 Å². The van der Waals surface area contributed by atoms with Crippen LogP contribution in [0.1, 0.15) is 42.6 Å². The normalized spacial score (nSPS) is 10.7. The predicted octanol–water partition coefficient (Wildman–Crippen LogP) is 6.51. The van der Waals surface area contributed by atoms with Crippen LogP contribution < -0.4 is 19.5 Å². The molecule has 7 nitrogen and oxygen atoms in total. The van der Waals surface area contributed by atoms with E-state index in [1.54, 1.807) is 38.7 Å². The van der Waals surface area contributed by atoms with Crippen molar-refractivity contribution in [3.63, 3.8) is 0 Å². The predicted molar refractivity (Wildman–Crippen MR) is 141 cm³/mol. The molecule has 0 bridgehead atoms. The molecule has 0 aliphatic heterocycles. The van der Waals surface area contributed by atoms with E-state index in [1.807, 2.05) is 24.3 Å². The fourth-order valence-electron chi connectivity index (χ4n) is 3.37. The Kier molecular flexibility index (Phi) is 9.17. The molecule has 9 heteroatoms. The Morgan fingerprint density at radius 2 is 1.74 bits per heavy atom. The molecule has 0 spiro atoms. The van der Waals surface area contributed by atoms with Crippen molar-refractivity contribution in [2.24, 2.45) is 0 Å². The molecule has 2 aromatic carbocycles. The summed E-state index contributed by atoms with van der Waals surface area (Å²) in [5.41, 5.74) is 2.79. The van der Waals surface area contributed by atoms with Crippen molar-refractivity contribution in [1.29, 1.82) is 0 Å².